The van der Waals surface area contributed by atoms with Gasteiger partial charge in [0.05, 0.1) is 0 Å². The Balaban J connectivity index is 1.62. The molecule has 1 nitrogen and oxygen atoms in total. The van der Waals surface area contributed by atoms with Gasteiger partial charge in [-0.1, -0.05) is 57.1 Å². The Kier molecular flexibility index (Phi) is 7.82. The van der Waals surface area contributed by atoms with Crippen molar-refractivity contribution in [2.75, 3.05) is 0 Å². The second kappa shape index (κ2) is 10.4. The quantitative estimate of drug-likeness (QED) is 0.336. The number of rotatable bonds is 5. The zero-order chi connectivity index (χ0) is 23.3. The van der Waals surface area contributed by atoms with Gasteiger partial charge in [0.25, 0.3) is 0 Å². The van der Waals surface area contributed by atoms with Crippen LogP contribution in [0.15, 0.2) is 36.4 Å². The number of benzene rings is 2. The molecule has 0 radical (unpaired) electrons. The van der Waals surface area contributed by atoms with Gasteiger partial charge in [0.15, 0.2) is 11.6 Å². The summed E-state index contributed by atoms with van der Waals surface area (Å²) in [5, 5.41) is 0. The fraction of sp³-hybridized carbons (Fsp3) is 0.462. The van der Waals surface area contributed by atoms with Gasteiger partial charge >= 0.3 is 6.36 Å². The molecule has 0 saturated heterocycles. The minimum absolute atomic E-state index is 0.0742. The highest BCUT2D eigenvalue weighted by atomic mass is 19.4. The minimum Gasteiger partial charge on any atom is -0.399 e. The van der Waals surface area contributed by atoms with Crippen LogP contribution in [0.5, 0.6) is 5.75 Å². The Hall–Kier alpha value is -2.55. The van der Waals surface area contributed by atoms with Crippen LogP contribution in [0.25, 0.3) is 0 Å². The second-order valence-electron chi connectivity index (χ2n) is 8.63. The molecule has 2 aromatic carbocycles. The molecule has 1 saturated carbocycles. The average molecular weight is 450 g/mol. The van der Waals surface area contributed by atoms with Crippen LogP contribution in [0.1, 0.15) is 62.6 Å². The molecule has 0 aliphatic heterocycles. The number of hydrogen-bond acceptors (Lipinski definition) is 1. The number of ether oxygens (including phenoxy) is 1. The van der Waals surface area contributed by atoms with Gasteiger partial charge in [0.2, 0.25) is 5.75 Å². The molecule has 1 atom stereocenters. The smallest absolute Gasteiger partial charge is 0.399 e. The van der Waals surface area contributed by atoms with E-state index in [-0.39, 0.29) is 5.56 Å². The molecule has 1 aliphatic carbocycles. The highest BCUT2D eigenvalue weighted by molar-refractivity contribution is 5.46. The first-order valence-corrected chi connectivity index (χ1v) is 11.0. The molecule has 0 spiro atoms. The lowest BCUT2D eigenvalue weighted by molar-refractivity contribution is -0.276. The number of halogens is 5. The van der Waals surface area contributed by atoms with Crippen LogP contribution in [0.2, 0.25) is 0 Å². The molecule has 0 N–H and O–H groups in total. The van der Waals surface area contributed by atoms with Crippen molar-refractivity contribution in [3.8, 4) is 17.6 Å². The third-order valence-corrected chi connectivity index (χ3v) is 6.35. The van der Waals surface area contributed by atoms with E-state index in [1.54, 1.807) is 0 Å². The number of hydrogen-bond donors (Lipinski definition) is 0. The molecule has 0 bridgehead atoms. The van der Waals surface area contributed by atoms with Crippen molar-refractivity contribution in [3.63, 3.8) is 0 Å². The standard InChI is InChI=1S/C26H27F5O/c1-3-18-10-12-22(13-11-18)17(2)14-20-7-4-19(5-8-20)6-9-21-15-23(27)25(24(28)16-21)32-26(29,30)31/h4-5,7-8,15-18,22H,3,10-14H2,1-2H3. The van der Waals surface area contributed by atoms with Gasteiger partial charge in [-0.25, -0.2) is 8.78 Å². The monoisotopic (exact) mass is 450 g/mol. The highest BCUT2D eigenvalue weighted by Gasteiger charge is 2.34. The maximum atomic E-state index is 13.8. The number of alkyl halides is 3. The van der Waals surface area contributed by atoms with Crippen LogP contribution in [-0.2, 0) is 6.42 Å². The van der Waals surface area contributed by atoms with Gasteiger partial charge in [-0.2, -0.15) is 0 Å². The van der Waals surface area contributed by atoms with E-state index in [0.29, 0.717) is 11.5 Å². The van der Waals surface area contributed by atoms with Gasteiger partial charge in [-0.05, 0) is 66.8 Å². The minimum atomic E-state index is -5.18. The summed E-state index contributed by atoms with van der Waals surface area (Å²) < 4.78 is 67.7. The second-order valence-corrected chi connectivity index (χ2v) is 8.63. The lowest BCUT2D eigenvalue weighted by atomic mass is 9.74. The summed E-state index contributed by atoms with van der Waals surface area (Å²) in [5.74, 6) is 3.23. The van der Waals surface area contributed by atoms with Crippen LogP contribution in [-0.4, -0.2) is 6.36 Å². The third kappa shape index (κ3) is 6.72. The summed E-state index contributed by atoms with van der Waals surface area (Å²) >= 11 is 0. The highest BCUT2D eigenvalue weighted by Crippen LogP contribution is 2.36. The first-order valence-electron chi connectivity index (χ1n) is 11.0. The van der Waals surface area contributed by atoms with E-state index in [2.05, 4.69) is 30.4 Å². The van der Waals surface area contributed by atoms with Crippen LogP contribution in [0.4, 0.5) is 22.0 Å². The molecule has 172 valence electrons. The van der Waals surface area contributed by atoms with Crippen molar-refractivity contribution in [2.24, 2.45) is 17.8 Å². The van der Waals surface area contributed by atoms with E-state index >= 15 is 0 Å². The van der Waals surface area contributed by atoms with E-state index in [1.165, 1.54) is 37.7 Å². The van der Waals surface area contributed by atoms with Crippen LogP contribution >= 0.6 is 0 Å². The molecule has 1 fully saturated rings. The molecule has 0 amide bonds. The predicted molar refractivity (Wildman–Crippen MR) is 114 cm³/mol. The van der Waals surface area contributed by atoms with Crippen molar-refractivity contribution >= 4 is 0 Å². The Morgan fingerprint density at radius 1 is 0.938 bits per heavy atom. The Morgan fingerprint density at radius 2 is 1.50 bits per heavy atom. The predicted octanol–water partition coefficient (Wildman–Crippen LogP) is 7.66. The molecule has 2 aromatic rings. The topological polar surface area (TPSA) is 9.23 Å². The summed E-state index contributed by atoms with van der Waals surface area (Å²) in [7, 11) is 0. The van der Waals surface area contributed by atoms with Crippen molar-refractivity contribution in [2.45, 2.75) is 58.7 Å². The van der Waals surface area contributed by atoms with Gasteiger partial charge in [-0.15, -0.1) is 13.2 Å². The van der Waals surface area contributed by atoms with E-state index in [0.717, 1.165) is 30.4 Å². The van der Waals surface area contributed by atoms with E-state index in [1.807, 2.05) is 24.3 Å². The van der Waals surface area contributed by atoms with Crippen LogP contribution in [0, 0.1) is 41.2 Å². The van der Waals surface area contributed by atoms with Gasteiger partial charge in [0, 0.05) is 11.1 Å². The molecular formula is C26H27F5O. The molecule has 6 heteroatoms. The first-order chi connectivity index (χ1) is 15.1. The van der Waals surface area contributed by atoms with E-state index in [4.69, 9.17) is 0 Å². The van der Waals surface area contributed by atoms with Gasteiger partial charge < -0.3 is 4.74 Å². The largest absolute Gasteiger partial charge is 0.573 e. The Morgan fingerprint density at radius 3 is 2.03 bits per heavy atom. The maximum absolute atomic E-state index is 13.8. The van der Waals surface area contributed by atoms with Crippen molar-refractivity contribution < 1.29 is 26.7 Å². The summed E-state index contributed by atoms with van der Waals surface area (Å²) in [6, 6.07) is 9.13. The van der Waals surface area contributed by atoms with Gasteiger partial charge in [0.1, 0.15) is 0 Å². The molecule has 0 aromatic heterocycles. The molecule has 1 aliphatic rings. The normalized spacial score (nSPS) is 19.7. The maximum Gasteiger partial charge on any atom is 0.573 e. The fourth-order valence-corrected chi connectivity index (χ4v) is 4.42. The average Bonchev–Trinajstić information content (AvgIpc) is 2.75. The molecule has 32 heavy (non-hydrogen) atoms. The molecule has 1 unspecified atom stereocenters. The fourth-order valence-electron chi connectivity index (χ4n) is 4.42. The zero-order valence-electron chi connectivity index (χ0n) is 18.2. The zero-order valence-corrected chi connectivity index (χ0v) is 18.2. The SMILES string of the molecule is CCC1CCC(C(C)Cc2ccc(C#Cc3cc(F)c(OC(F)(F)F)c(F)c3)cc2)CC1. The summed E-state index contributed by atoms with van der Waals surface area (Å²) in [6.45, 7) is 4.57. The van der Waals surface area contributed by atoms with Crippen LogP contribution < -0.4 is 4.74 Å². The lowest BCUT2D eigenvalue weighted by Gasteiger charge is -2.32. The Labute approximate surface area is 186 Å². The lowest BCUT2D eigenvalue weighted by Crippen LogP contribution is -2.21. The molecule has 0 heterocycles. The Bertz CT molecular complexity index is 937. The van der Waals surface area contributed by atoms with E-state index in [9.17, 15) is 22.0 Å². The third-order valence-electron chi connectivity index (χ3n) is 6.35. The summed E-state index contributed by atoms with van der Waals surface area (Å²) in [6.07, 6.45) is 2.32. The molecular weight excluding hydrogens is 423 g/mol. The van der Waals surface area contributed by atoms with Crippen molar-refractivity contribution in [3.05, 3.63) is 64.7 Å². The van der Waals surface area contributed by atoms with Crippen molar-refractivity contribution in [1.82, 2.24) is 0 Å². The first kappa shape index (κ1) is 24.1. The molecule has 3 rings (SSSR count). The van der Waals surface area contributed by atoms with E-state index < -0.39 is 23.7 Å². The summed E-state index contributed by atoms with van der Waals surface area (Å²) in [5.41, 5.74) is 1.79. The van der Waals surface area contributed by atoms with Crippen LogP contribution in [0.3, 0.4) is 0 Å². The van der Waals surface area contributed by atoms with Gasteiger partial charge in [-0.3, -0.25) is 0 Å². The summed E-state index contributed by atoms with van der Waals surface area (Å²) in [4.78, 5) is 0. The van der Waals surface area contributed by atoms with Crippen molar-refractivity contribution in [1.29, 1.82) is 0 Å².